The van der Waals surface area contributed by atoms with Crippen LogP contribution in [-0.2, 0) is 6.42 Å². The average Bonchev–Trinajstić information content (AvgIpc) is 2.11. The molecule has 0 spiro atoms. The van der Waals surface area contributed by atoms with Gasteiger partial charge in [-0.1, -0.05) is 43.5 Å². The SMILES string of the molecule is F[B-](F)(F)c1ccc(CC2CCC2)cc1. The van der Waals surface area contributed by atoms with E-state index in [1.54, 1.807) is 12.1 Å². The van der Waals surface area contributed by atoms with Crippen molar-refractivity contribution in [2.45, 2.75) is 25.7 Å². The molecule has 1 aliphatic carbocycles. The molecule has 0 bridgehead atoms. The Labute approximate surface area is 87.6 Å². The molecule has 0 saturated heterocycles. The van der Waals surface area contributed by atoms with Gasteiger partial charge >= 0.3 is 6.98 Å². The summed E-state index contributed by atoms with van der Waals surface area (Å²) in [5.74, 6) is 0.701. The fraction of sp³-hybridized carbons (Fsp3) is 0.455. The van der Waals surface area contributed by atoms with Gasteiger partial charge in [0.15, 0.2) is 0 Å². The van der Waals surface area contributed by atoms with E-state index < -0.39 is 12.4 Å². The molecule has 0 heterocycles. The summed E-state index contributed by atoms with van der Waals surface area (Å²) in [7, 11) is 0. The van der Waals surface area contributed by atoms with Crippen molar-refractivity contribution in [3.8, 4) is 0 Å². The molecule has 1 aromatic carbocycles. The van der Waals surface area contributed by atoms with Gasteiger partial charge in [-0.05, 0) is 17.9 Å². The van der Waals surface area contributed by atoms with Crippen LogP contribution in [0.5, 0.6) is 0 Å². The Bertz CT molecular complexity index is 325. The zero-order valence-corrected chi connectivity index (χ0v) is 8.43. The first-order valence-corrected chi connectivity index (χ1v) is 5.34. The van der Waals surface area contributed by atoms with E-state index >= 15 is 0 Å². The molecule has 0 N–H and O–H groups in total. The van der Waals surface area contributed by atoms with Crippen LogP contribution in [0.3, 0.4) is 0 Å². The third-order valence-electron chi connectivity index (χ3n) is 3.11. The van der Waals surface area contributed by atoms with Gasteiger partial charge in [-0.25, -0.2) is 0 Å². The maximum absolute atomic E-state index is 12.3. The van der Waals surface area contributed by atoms with Crippen molar-refractivity contribution < 1.29 is 12.9 Å². The minimum atomic E-state index is -4.83. The first-order chi connectivity index (χ1) is 7.05. The normalized spacial score (nSPS) is 17.5. The van der Waals surface area contributed by atoms with Gasteiger partial charge in [0.05, 0.1) is 0 Å². The van der Waals surface area contributed by atoms with E-state index in [0.717, 1.165) is 12.0 Å². The third-order valence-corrected chi connectivity index (χ3v) is 3.11. The highest BCUT2D eigenvalue weighted by atomic mass is 19.4. The van der Waals surface area contributed by atoms with Crippen molar-refractivity contribution in [1.82, 2.24) is 0 Å². The highest BCUT2D eigenvalue weighted by molar-refractivity contribution is 6.73. The van der Waals surface area contributed by atoms with Gasteiger partial charge in [-0.2, -0.15) is 0 Å². The zero-order chi connectivity index (χ0) is 10.9. The Hall–Kier alpha value is -0.925. The summed E-state index contributed by atoms with van der Waals surface area (Å²) in [5, 5.41) is 0. The molecular weight excluding hydrogens is 200 g/mol. The second kappa shape index (κ2) is 3.91. The lowest BCUT2D eigenvalue weighted by atomic mass is 9.78. The molecular formula is C11H13BF3-. The quantitative estimate of drug-likeness (QED) is 0.676. The van der Waals surface area contributed by atoms with Gasteiger partial charge in [0.1, 0.15) is 0 Å². The third kappa shape index (κ3) is 2.55. The van der Waals surface area contributed by atoms with Gasteiger partial charge in [0.2, 0.25) is 0 Å². The highest BCUT2D eigenvalue weighted by Crippen LogP contribution is 2.29. The number of benzene rings is 1. The molecule has 0 atom stereocenters. The van der Waals surface area contributed by atoms with Gasteiger partial charge in [0.25, 0.3) is 0 Å². The number of hydrogen-bond donors (Lipinski definition) is 0. The Morgan fingerprint density at radius 2 is 1.67 bits per heavy atom. The Morgan fingerprint density at radius 1 is 1.07 bits per heavy atom. The van der Waals surface area contributed by atoms with Gasteiger partial charge in [0, 0.05) is 0 Å². The van der Waals surface area contributed by atoms with Crippen LogP contribution in [0, 0.1) is 5.92 Å². The molecule has 0 unspecified atom stereocenters. The van der Waals surface area contributed by atoms with Crippen molar-refractivity contribution >= 4 is 12.4 Å². The maximum atomic E-state index is 12.3. The maximum Gasteiger partial charge on any atom is 0.509 e. The van der Waals surface area contributed by atoms with E-state index in [1.807, 2.05) is 0 Å². The summed E-state index contributed by atoms with van der Waals surface area (Å²) in [6.07, 6.45) is 4.66. The summed E-state index contributed by atoms with van der Waals surface area (Å²) in [6, 6.07) is 5.63. The monoisotopic (exact) mass is 213 g/mol. The van der Waals surface area contributed by atoms with Gasteiger partial charge in [-0.15, -0.1) is 5.46 Å². The zero-order valence-electron chi connectivity index (χ0n) is 8.43. The van der Waals surface area contributed by atoms with Gasteiger partial charge in [-0.3, -0.25) is 0 Å². The lowest BCUT2D eigenvalue weighted by Crippen LogP contribution is -2.33. The molecule has 1 aromatic rings. The largest absolute Gasteiger partial charge is 0.509 e. The Kier molecular flexibility index (Phi) is 2.76. The molecule has 15 heavy (non-hydrogen) atoms. The van der Waals surface area contributed by atoms with Crippen LogP contribution in [0.4, 0.5) is 12.9 Å². The molecule has 0 aliphatic heterocycles. The molecule has 2 rings (SSSR count). The van der Waals surface area contributed by atoms with E-state index in [2.05, 4.69) is 0 Å². The summed E-state index contributed by atoms with van der Waals surface area (Å²) >= 11 is 0. The Morgan fingerprint density at radius 3 is 2.07 bits per heavy atom. The molecule has 1 saturated carbocycles. The van der Waals surface area contributed by atoms with Crippen LogP contribution < -0.4 is 5.46 Å². The molecule has 1 aliphatic rings. The number of hydrogen-bond acceptors (Lipinski definition) is 0. The van der Waals surface area contributed by atoms with Gasteiger partial charge < -0.3 is 12.9 Å². The van der Waals surface area contributed by atoms with Crippen LogP contribution in [0.15, 0.2) is 24.3 Å². The first kappa shape index (κ1) is 10.6. The van der Waals surface area contributed by atoms with E-state index in [0.29, 0.717) is 5.92 Å². The van der Waals surface area contributed by atoms with Crippen LogP contribution in [0.2, 0.25) is 0 Å². The standard InChI is InChI=1S/C11H13BF3/c13-12(14,15)11-6-4-10(5-7-11)8-9-2-1-3-9/h4-7,9H,1-3,8H2/q-1. The minimum Gasteiger partial charge on any atom is -0.445 e. The smallest absolute Gasteiger partial charge is 0.445 e. The second-order valence-corrected chi connectivity index (χ2v) is 4.32. The van der Waals surface area contributed by atoms with Crippen molar-refractivity contribution in [2.24, 2.45) is 5.92 Å². The molecule has 0 amide bonds. The fourth-order valence-corrected chi connectivity index (χ4v) is 1.90. The number of halogens is 3. The average molecular weight is 213 g/mol. The summed E-state index contributed by atoms with van der Waals surface area (Å²) < 4.78 is 37.0. The van der Waals surface area contributed by atoms with E-state index in [-0.39, 0.29) is 0 Å². The highest BCUT2D eigenvalue weighted by Gasteiger charge is 2.25. The summed E-state index contributed by atoms with van der Waals surface area (Å²) in [4.78, 5) is 0. The van der Waals surface area contributed by atoms with Crippen LogP contribution in [-0.4, -0.2) is 6.98 Å². The first-order valence-electron chi connectivity index (χ1n) is 5.34. The molecule has 0 aromatic heterocycles. The van der Waals surface area contributed by atoms with Crippen LogP contribution in [0.25, 0.3) is 0 Å². The predicted octanol–water partition coefficient (Wildman–Crippen LogP) is 3.08. The molecule has 4 heteroatoms. The minimum absolute atomic E-state index is 0.493. The van der Waals surface area contributed by atoms with E-state index in [9.17, 15) is 12.9 Å². The van der Waals surface area contributed by atoms with E-state index in [4.69, 9.17) is 0 Å². The second-order valence-electron chi connectivity index (χ2n) is 4.32. The molecule has 1 fully saturated rings. The van der Waals surface area contributed by atoms with Crippen molar-refractivity contribution in [1.29, 1.82) is 0 Å². The number of rotatable bonds is 3. The van der Waals surface area contributed by atoms with Crippen LogP contribution in [0.1, 0.15) is 24.8 Å². The lowest BCUT2D eigenvalue weighted by Gasteiger charge is -2.25. The van der Waals surface area contributed by atoms with Crippen molar-refractivity contribution in [3.63, 3.8) is 0 Å². The van der Waals surface area contributed by atoms with Crippen LogP contribution >= 0.6 is 0 Å². The molecule has 0 nitrogen and oxygen atoms in total. The lowest BCUT2D eigenvalue weighted by molar-refractivity contribution is 0.314. The summed E-state index contributed by atoms with van der Waals surface area (Å²) in [6.45, 7) is -4.83. The molecule has 82 valence electrons. The topological polar surface area (TPSA) is 0 Å². The fourth-order valence-electron chi connectivity index (χ4n) is 1.90. The molecule has 0 radical (unpaired) electrons. The Balaban J connectivity index is 2.03. The van der Waals surface area contributed by atoms with Crippen molar-refractivity contribution in [3.05, 3.63) is 29.8 Å². The van der Waals surface area contributed by atoms with Crippen molar-refractivity contribution in [2.75, 3.05) is 0 Å². The predicted molar refractivity (Wildman–Crippen MR) is 56.2 cm³/mol. The van der Waals surface area contributed by atoms with E-state index in [1.165, 1.54) is 31.4 Å². The summed E-state index contributed by atoms with van der Waals surface area (Å²) in [5.41, 5.74) is 0.538.